The lowest BCUT2D eigenvalue weighted by atomic mass is 10.2. The fraction of sp³-hybridized carbons (Fsp3) is 0.500. The highest BCUT2D eigenvalue weighted by Gasteiger charge is 2.44. The van der Waals surface area contributed by atoms with Gasteiger partial charge in [0.05, 0.1) is 0 Å². The summed E-state index contributed by atoms with van der Waals surface area (Å²) < 4.78 is 42.9. The normalized spacial score (nSPS) is 15.5. The third-order valence-corrected chi connectivity index (χ3v) is 2.96. The lowest BCUT2D eigenvalue weighted by molar-refractivity contribution is -0.237. The summed E-state index contributed by atoms with van der Waals surface area (Å²) >= 11 is 0.884. The minimum absolute atomic E-state index is 0.0205. The molecule has 0 radical (unpaired) electrons. The van der Waals surface area contributed by atoms with Crippen molar-refractivity contribution in [3.05, 3.63) is 22.4 Å². The fourth-order valence-corrected chi connectivity index (χ4v) is 2.02. The molecular formula is C10H11F3O3S. The van der Waals surface area contributed by atoms with Crippen molar-refractivity contribution in [3.8, 4) is 0 Å². The van der Waals surface area contributed by atoms with Gasteiger partial charge in [0.1, 0.15) is 0 Å². The van der Waals surface area contributed by atoms with Gasteiger partial charge in [-0.05, 0) is 17.9 Å². The van der Waals surface area contributed by atoms with Crippen LogP contribution in [0.3, 0.4) is 0 Å². The molecule has 2 unspecified atom stereocenters. The average Bonchev–Trinajstić information content (AvgIpc) is 2.69. The molecule has 1 N–H and O–H groups in total. The second-order valence-corrected chi connectivity index (χ2v) is 4.29. The van der Waals surface area contributed by atoms with Crippen LogP contribution in [0.25, 0.3) is 0 Å². The molecule has 0 amide bonds. The maximum Gasteiger partial charge on any atom is 0.419 e. The van der Waals surface area contributed by atoms with E-state index in [-0.39, 0.29) is 11.3 Å². The van der Waals surface area contributed by atoms with Crippen LogP contribution in [-0.4, -0.2) is 23.4 Å². The first-order valence-electron chi connectivity index (χ1n) is 4.84. The first kappa shape index (κ1) is 14.0. The Balaban J connectivity index is 2.89. The standard InChI is InChI=1S/C10H11F3O3S/c1-2-6(9(14)15)16-8(10(11,12)13)7-4-3-5-17-7/h3-6,8H,2H2,1H3,(H,14,15). The van der Waals surface area contributed by atoms with Crippen molar-refractivity contribution in [1.82, 2.24) is 0 Å². The minimum atomic E-state index is -4.62. The van der Waals surface area contributed by atoms with E-state index in [4.69, 9.17) is 5.11 Å². The molecule has 0 aromatic carbocycles. The highest BCUT2D eigenvalue weighted by molar-refractivity contribution is 7.10. The summed E-state index contributed by atoms with van der Waals surface area (Å²) in [6, 6.07) is 2.74. The van der Waals surface area contributed by atoms with Gasteiger partial charge < -0.3 is 9.84 Å². The molecule has 96 valence electrons. The lowest BCUT2D eigenvalue weighted by Gasteiger charge is -2.23. The summed E-state index contributed by atoms with van der Waals surface area (Å²) in [4.78, 5) is 10.6. The predicted molar refractivity (Wildman–Crippen MR) is 55.9 cm³/mol. The van der Waals surface area contributed by atoms with Gasteiger partial charge in [-0.1, -0.05) is 13.0 Å². The van der Waals surface area contributed by atoms with Crippen LogP contribution in [0, 0.1) is 0 Å². The van der Waals surface area contributed by atoms with Crippen LogP contribution in [0.15, 0.2) is 17.5 Å². The number of aliphatic carboxylic acids is 1. The Kier molecular flexibility index (Phi) is 4.53. The molecule has 0 fully saturated rings. The Morgan fingerprint density at radius 2 is 2.24 bits per heavy atom. The molecule has 2 atom stereocenters. The van der Waals surface area contributed by atoms with Gasteiger partial charge in [-0.25, -0.2) is 4.79 Å². The van der Waals surface area contributed by atoms with Gasteiger partial charge in [0, 0.05) is 4.88 Å². The van der Waals surface area contributed by atoms with Crippen molar-refractivity contribution < 1.29 is 27.8 Å². The maximum atomic E-state index is 12.7. The fourth-order valence-electron chi connectivity index (χ4n) is 1.24. The van der Waals surface area contributed by atoms with Crippen molar-refractivity contribution in [2.45, 2.75) is 31.7 Å². The number of halogens is 3. The van der Waals surface area contributed by atoms with Gasteiger partial charge in [-0.2, -0.15) is 13.2 Å². The number of ether oxygens (including phenoxy) is 1. The highest BCUT2D eigenvalue weighted by atomic mass is 32.1. The molecule has 3 nitrogen and oxygen atoms in total. The Morgan fingerprint density at radius 1 is 1.59 bits per heavy atom. The Hall–Kier alpha value is -1.08. The quantitative estimate of drug-likeness (QED) is 0.891. The van der Waals surface area contributed by atoms with E-state index in [0.29, 0.717) is 0 Å². The SMILES string of the molecule is CCC(OC(c1cccs1)C(F)(F)F)C(=O)O. The molecule has 0 aliphatic carbocycles. The van der Waals surface area contributed by atoms with E-state index < -0.39 is 24.4 Å². The molecule has 0 saturated heterocycles. The largest absolute Gasteiger partial charge is 0.479 e. The Labute approximate surface area is 99.8 Å². The van der Waals surface area contributed by atoms with Gasteiger partial charge >= 0.3 is 12.1 Å². The topological polar surface area (TPSA) is 46.5 Å². The number of hydrogen-bond donors (Lipinski definition) is 1. The molecular weight excluding hydrogens is 257 g/mol. The van der Waals surface area contributed by atoms with Crippen molar-refractivity contribution in [3.63, 3.8) is 0 Å². The monoisotopic (exact) mass is 268 g/mol. The minimum Gasteiger partial charge on any atom is -0.479 e. The molecule has 0 saturated carbocycles. The third kappa shape index (κ3) is 3.71. The highest BCUT2D eigenvalue weighted by Crippen LogP contribution is 2.38. The molecule has 1 aromatic rings. The van der Waals surface area contributed by atoms with Gasteiger partial charge in [-0.3, -0.25) is 0 Å². The number of rotatable bonds is 5. The van der Waals surface area contributed by atoms with Gasteiger partial charge in [0.25, 0.3) is 0 Å². The van der Waals surface area contributed by atoms with E-state index in [2.05, 4.69) is 4.74 Å². The van der Waals surface area contributed by atoms with Gasteiger partial charge in [0.2, 0.25) is 0 Å². The summed E-state index contributed by atoms with van der Waals surface area (Å²) in [6.07, 6.45) is -8.27. The van der Waals surface area contributed by atoms with Crippen LogP contribution in [0.4, 0.5) is 13.2 Å². The molecule has 1 rings (SSSR count). The zero-order chi connectivity index (χ0) is 13.1. The van der Waals surface area contributed by atoms with Crippen LogP contribution in [0.5, 0.6) is 0 Å². The van der Waals surface area contributed by atoms with Gasteiger partial charge in [-0.15, -0.1) is 11.3 Å². The number of carbonyl (C=O) groups is 1. The summed E-state index contributed by atoms with van der Waals surface area (Å²) in [5.74, 6) is -1.39. The Morgan fingerprint density at radius 3 is 2.59 bits per heavy atom. The second-order valence-electron chi connectivity index (χ2n) is 3.31. The number of alkyl halides is 3. The van der Waals surface area contributed by atoms with Crippen LogP contribution in [0.1, 0.15) is 24.3 Å². The van der Waals surface area contributed by atoms with E-state index in [9.17, 15) is 18.0 Å². The molecule has 1 heterocycles. The molecule has 0 aliphatic rings. The van der Waals surface area contributed by atoms with E-state index in [1.807, 2.05) is 0 Å². The van der Waals surface area contributed by atoms with Crippen LogP contribution in [-0.2, 0) is 9.53 Å². The number of hydrogen-bond acceptors (Lipinski definition) is 3. The van der Waals surface area contributed by atoms with Crippen LogP contribution in [0.2, 0.25) is 0 Å². The average molecular weight is 268 g/mol. The van der Waals surface area contributed by atoms with Gasteiger partial charge in [0.15, 0.2) is 12.2 Å². The number of thiophene rings is 1. The smallest absolute Gasteiger partial charge is 0.419 e. The molecule has 0 bridgehead atoms. The summed E-state index contributed by atoms with van der Waals surface area (Å²) in [5.41, 5.74) is 0. The third-order valence-electron chi connectivity index (χ3n) is 2.05. The summed E-state index contributed by atoms with van der Waals surface area (Å²) in [7, 11) is 0. The molecule has 17 heavy (non-hydrogen) atoms. The van der Waals surface area contributed by atoms with Crippen LogP contribution < -0.4 is 0 Å². The van der Waals surface area contributed by atoms with Crippen molar-refractivity contribution in [2.24, 2.45) is 0 Å². The second kappa shape index (κ2) is 5.50. The number of carboxylic acid groups (broad SMARTS) is 1. The Bertz CT molecular complexity index is 361. The first-order valence-corrected chi connectivity index (χ1v) is 5.72. The predicted octanol–water partition coefficient (Wildman–Crippen LogP) is 3.23. The molecule has 1 aromatic heterocycles. The zero-order valence-electron chi connectivity index (χ0n) is 8.90. The summed E-state index contributed by atoms with van der Waals surface area (Å²) in [5, 5.41) is 10.2. The maximum absolute atomic E-state index is 12.7. The van der Waals surface area contributed by atoms with E-state index >= 15 is 0 Å². The van der Waals surface area contributed by atoms with E-state index in [1.165, 1.54) is 24.4 Å². The molecule has 0 spiro atoms. The van der Waals surface area contributed by atoms with Crippen molar-refractivity contribution >= 4 is 17.3 Å². The van der Waals surface area contributed by atoms with E-state index in [1.54, 1.807) is 0 Å². The first-order chi connectivity index (χ1) is 7.86. The molecule has 7 heteroatoms. The molecule has 0 aliphatic heterocycles. The van der Waals surface area contributed by atoms with Crippen molar-refractivity contribution in [2.75, 3.05) is 0 Å². The van der Waals surface area contributed by atoms with Crippen LogP contribution >= 0.6 is 11.3 Å². The lowest BCUT2D eigenvalue weighted by Crippen LogP contribution is -2.31. The summed E-state index contributed by atoms with van der Waals surface area (Å²) in [6.45, 7) is 1.46. The zero-order valence-corrected chi connectivity index (χ0v) is 9.72. The van der Waals surface area contributed by atoms with E-state index in [0.717, 1.165) is 11.3 Å². The van der Waals surface area contributed by atoms with Crippen molar-refractivity contribution in [1.29, 1.82) is 0 Å². The number of carboxylic acids is 1.